The Hall–Kier alpha value is -5.87. The van der Waals surface area contributed by atoms with Crippen molar-refractivity contribution in [3.63, 3.8) is 0 Å². The number of nitrogens with zero attached hydrogens (tertiary/aromatic N) is 3. The molecule has 0 saturated carbocycles. The highest BCUT2D eigenvalue weighted by molar-refractivity contribution is 6.08. The van der Waals surface area contributed by atoms with Crippen molar-refractivity contribution in [2.75, 3.05) is 0 Å². The van der Waals surface area contributed by atoms with Crippen molar-refractivity contribution < 1.29 is 4.42 Å². The number of hydrogen-bond donors (Lipinski definition) is 0. The number of furan rings is 1. The molecule has 1 aliphatic rings. The van der Waals surface area contributed by atoms with E-state index in [2.05, 4.69) is 80.6 Å². The van der Waals surface area contributed by atoms with Gasteiger partial charge in [0, 0.05) is 32.9 Å². The number of benzene rings is 6. The Morgan fingerprint density at radius 1 is 0.435 bits per heavy atom. The second-order valence-corrected chi connectivity index (χ2v) is 12.5. The predicted molar refractivity (Wildman–Crippen MR) is 186 cm³/mol. The first-order valence-electron chi connectivity index (χ1n) is 15.6. The highest BCUT2D eigenvalue weighted by Crippen LogP contribution is 2.53. The number of hydrogen-bond acceptors (Lipinski definition) is 4. The van der Waals surface area contributed by atoms with Crippen LogP contribution in [0.15, 0.2) is 144 Å². The molecule has 9 rings (SSSR count). The van der Waals surface area contributed by atoms with Gasteiger partial charge < -0.3 is 4.42 Å². The highest BCUT2D eigenvalue weighted by Gasteiger charge is 2.37. The van der Waals surface area contributed by atoms with Gasteiger partial charge in [0.2, 0.25) is 0 Å². The SMILES string of the molecule is CC1(C)c2cc3oc4ccccc4c3cc2-c2c(-c3ccc(-c4nc(-c5ccccc5)nc(-c5ccccc5)n4)cc3)cccc21. The first-order chi connectivity index (χ1) is 22.5. The van der Waals surface area contributed by atoms with Crippen LogP contribution in [0.5, 0.6) is 0 Å². The molecule has 1 aliphatic carbocycles. The Kier molecular flexibility index (Phi) is 5.81. The largest absolute Gasteiger partial charge is 0.456 e. The van der Waals surface area contributed by atoms with Gasteiger partial charge in [0.25, 0.3) is 0 Å². The van der Waals surface area contributed by atoms with E-state index in [1.54, 1.807) is 0 Å². The lowest BCUT2D eigenvalue weighted by molar-refractivity contribution is 0.647. The van der Waals surface area contributed by atoms with Crippen molar-refractivity contribution in [1.82, 2.24) is 15.0 Å². The van der Waals surface area contributed by atoms with E-state index in [1.165, 1.54) is 27.8 Å². The lowest BCUT2D eigenvalue weighted by Crippen LogP contribution is -2.14. The van der Waals surface area contributed by atoms with Gasteiger partial charge in [0.05, 0.1) is 0 Å². The summed E-state index contributed by atoms with van der Waals surface area (Å²) in [4.78, 5) is 14.7. The molecule has 8 aromatic rings. The molecule has 6 aromatic carbocycles. The first-order valence-corrected chi connectivity index (χ1v) is 15.6. The Labute approximate surface area is 267 Å². The predicted octanol–water partition coefficient (Wildman–Crippen LogP) is 10.7. The van der Waals surface area contributed by atoms with Crippen LogP contribution in [0.4, 0.5) is 0 Å². The molecule has 0 atom stereocenters. The second-order valence-electron chi connectivity index (χ2n) is 12.5. The van der Waals surface area contributed by atoms with Gasteiger partial charge in [-0.1, -0.05) is 135 Å². The van der Waals surface area contributed by atoms with E-state index in [0.717, 1.165) is 44.2 Å². The Balaban J connectivity index is 1.17. The van der Waals surface area contributed by atoms with Gasteiger partial charge in [-0.15, -0.1) is 0 Å². The number of para-hydroxylation sites is 1. The molecule has 0 N–H and O–H groups in total. The molecule has 0 unspecified atom stereocenters. The van der Waals surface area contributed by atoms with Crippen molar-refractivity contribution in [3.8, 4) is 56.4 Å². The summed E-state index contributed by atoms with van der Waals surface area (Å²) < 4.78 is 6.30. The lowest BCUT2D eigenvalue weighted by atomic mass is 9.82. The molecule has 2 aromatic heterocycles. The Bertz CT molecular complexity index is 2370. The normalized spacial score (nSPS) is 13.2. The van der Waals surface area contributed by atoms with E-state index < -0.39 is 0 Å². The molecule has 0 aliphatic heterocycles. The number of aromatic nitrogens is 3. The molecule has 0 spiro atoms. The molecule has 0 bridgehead atoms. The lowest BCUT2D eigenvalue weighted by Gasteiger charge is -2.21. The molecular weight excluding hydrogens is 562 g/mol. The maximum absolute atomic E-state index is 6.30. The average molecular weight is 592 g/mol. The average Bonchev–Trinajstić information content (AvgIpc) is 3.59. The van der Waals surface area contributed by atoms with Crippen molar-refractivity contribution >= 4 is 21.9 Å². The Morgan fingerprint density at radius 3 is 1.65 bits per heavy atom. The van der Waals surface area contributed by atoms with Crippen molar-refractivity contribution in [3.05, 3.63) is 151 Å². The summed E-state index contributed by atoms with van der Waals surface area (Å²) in [5, 5.41) is 2.30. The van der Waals surface area contributed by atoms with Crippen LogP contribution in [-0.4, -0.2) is 15.0 Å². The molecular formula is C42H29N3O. The molecule has 218 valence electrons. The zero-order valence-corrected chi connectivity index (χ0v) is 25.5. The summed E-state index contributed by atoms with van der Waals surface area (Å²) in [6.45, 7) is 4.63. The minimum Gasteiger partial charge on any atom is -0.456 e. The third-order valence-electron chi connectivity index (χ3n) is 9.35. The van der Waals surface area contributed by atoms with Crippen LogP contribution in [0.3, 0.4) is 0 Å². The van der Waals surface area contributed by atoms with E-state index in [4.69, 9.17) is 19.4 Å². The maximum Gasteiger partial charge on any atom is 0.164 e. The summed E-state index contributed by atoms with van der Waals surface area (Å²) in [5.41, 5.74) is 12.1. The van der Waals surface area contributed by atoms with Crippen molar-refractivity contribution in [2.45, 2.75) is 19.3 Å². The number of rotatable bonds is 4. The summed E-state index contributed by atoms with van der Waals surface area (Å²) in [5.74, 6) is 1.97. The Morgan fingerprint density at radius 2 is 1.00 bits per heavy atom. The summed E-state index contributed by atoms with van der Waals surface area (Å²) in [6, 6.07) is 48.4. The topological polar surface area (TPSA) is 51.8 Å². The van der Waals surface area contributed by atoms with Crippen molar-refractivity contribution in [1.29, 1.82) is 0 Å². The smallest absolute Gasteiger partial charge is 0.164 e. The van der Waals surface area contributed by atoms with Crippen molar-refractivity contribution in [2.24, 2.45) is 0 Å². The number of fused-ring (bicyclic) bond motifs is 6. The fourth-order valence-corrected chi connectivity index (χ4v) is 6.98. The standard InChI is InChI=1S/C42H29N3O/c1-42(2)34-18-11-17-30(38(34)33-24-32-31-16-9-10-19-36(31)46-37(32)25-35(33)42)26-20-22-29(23-21-26)41-44-39(27-12-5-3-6-13-27)43-40(45-41)28-14-7-4-8-15-28/h3-25H,1-2H3. The fraction of sp³-hybridized carbons (Fsp3) is 0.0714. The zero-order chi connectivity index (χ0) is 30.8. The van der Waals surface area contributed by atoms with Crippen LogP contribution >= 0.6 is 0 Å². The van der Waals surface area contributed by atoms with Crippen LogP contribution in [-0.2, 0) is 5.41 Å². The molecule has 2 heterocycles. The van der Waals surface area contributed by atoms with Gasteiger partial charge in [0.15, 0.2) is 17.5 Å². The maximum atomic E-state index is 6.30. The van der Waals surface area contributed by atoms with Gasteiger partial charge >= 0.3 is 0 Å². The van der Waals surface area contributed by atoms with E-state index in [0.29, 0.717) is 17.5 Å². The van der Waals surface area contributed by atoms with Gasteiger partial charge in [-0.2, -0.15) is 0 Å². The third-order valence-corrected chi connectivity index (χ3v) is 9.35. The second kappa shape index (κ2) is 10.1. The van der Waals surface area contributed by atoms with E-state index >= 15 is 0 Å². The molecule has 0 radical (unpaired) electrons. The van der Waals surface area contributed by atoms with E-state index in [9.17, 15) is 0 Å². The summed E-state index contributed by atoms with van der Waals surface area (Å²) >= 11 is 0. The zero-order valence-electron chi connectivity index (χ0n) is 25.5. The highest BCUT2D eigenvalue weighted by atomic mass is 16.3. The van der Waals surface area contributed by atoms with Gasteiger partial charge in [0.1, 0.15) is 11.2 Å². The molecule has 46 heavy (non-hydrogen) atoms. The summed E-state index contributed by atoms with van der Waals surface area (Å²) in [7, 11) is 0. The molecule has 0 fully saturated rings. The van der Waals surface area contributed by atoms with E-state index in [-0.39, 0.29) is 5.41 Å². The van der Waals surface area contributed by atoms with Crippen LogP contribution < -0.4 is 0 Å². The van der Waals surface area contributed by atoms with Crippen LogP contribution in [0, 0.1) is 0 Å². The van der Waals surface area contributed by atoms with Crippen LogP contribution in [0.1, 0.15) is 25.0 Å². The molecule has 0 saturated heterocycles. The monoisotopic (exact) mass is 591 g/mol. The molecule has 0 amide bonds. The molecule has 4 nitrogen and oxygen atoms in total. The molecule has 4 heteroatoms. The third kappa shape index (κ3) is 4.11. The summed E-state index contributed by atoms with van der Waals surface area (Å²) in [6.07, 6.45) is 0. The first kappa shape index (κ1) is 26.5. The quantitative estimate of drug-likeness (QED) is 0.204. The minimum absolute atomic E-state index is 0.152. The van der Waals surface area contributed by atoms with Crippen LogP contribution in [0.2, 0.25) is 0 Å². The van der Waals surface area contributed by atoms with E-state index in [1.807, 2.05) is 72.8 Å². The van der Waals surface area contributed by atoms with Gasteiger partial charge in [-0.25, -0.2) is 15.0 Å². The van der Waals surface area contributed by atoms with Gasteiger partial charge in [-0.3, -0.25) is 0 Å². The van der Waals surface area contributed by atoms with Crippen LogP contribution in [0.25, 0.3) is 78.4 Å². The fourth-order valence-electron chi connectivity index (χ4n) is 6.98. The minimum atomic E-state index is -0.152. The van der Waals surface area contributed by atoms with Gasteiger partial charge in [-0.05, 0) is 51.6 Å².